The molecule has 1 N–H and O–H groups in total. The maximum atomic E-state index is 13.0. The fourth-order valence-corrected chi connectivity index (χ4v) is 2.70. The predicted molar refractivity (Wildman–Crippen MR) is 107 cm³/mol. The zero-order chi connectivity index (χ0) is 19.2. The van der Waals surface area contributed by atoms with E-state index < -0.39 is 4.92 Å². The molecule has 5 heteroatoms. The van der Waals surface area contributed by atoms with Gasteiger partial charge < -0.3 is 5.32 Å². The Kier molecular flexibility index (Phi) is 5.42. The molecule has 0 spiro atoms. The minimum absolute atomic E-state index is 0.00592. The van der Waals surface area contributed by atoms with Crippen LogP contribution in [-0.4, -0.2) is 10.8 Å². The molecule has 0 radical (unpaired) electrons. The van der Waals surface area contributed by atoms with E-state index >= 15 is 0 Å². The highest BCUT2D eigenvalue weighted by Gasteiger charge is 2.15. The molecule has 0 atom stereocenters. The molecule has 0 aliphatic rings. The van der Waals surface area contributed by atoms with Gasteiger partial charge in [-0.2, -0.15) is 0 Å². The van der Waals surface area contributed by atoms with Crippen LogP contribution in [0.1, 0.15) is 16.7 Å². The molecule has 3 aromatic rings. The van der Waals surface area contributed by atoms with Crippen molar-refractivity contribution in [1.82, 2.24) is 0 Å². The number of benzene rings is 3. The van der Waals surface area contributed by atoms with Gasteiger partial charge in [0.1, 0.15) is 0 Å². The molecule has 1 amide bonds. The summed E-state index contributed by atoms with van der Waals surface area (Å²) in [4.78, 5) is 23.4. The van der Waals surface area contributed by atoms with E-state index in [1.807, 2.05) is 66.7 Å². The largest absolute Gasteiger partial charge is 0.322 e. The summed E-state index contributed by atoms with van der Waals surface area (Å²) in [6.07, 6.45) is 1.82. The lowest BCUT2D eigenvalue weighted by Crippen LogP contribution is -2.14. The van der Waals surface area contributed by atoms with E-state index in [1.54, 1.807) is 13.0 Å². The second-order valence-corrected chi connectivity index (χ2v) is 6.05. The number of rotatable bonds is 5. The van der Waals surface area contributed by atoms with Crippen molar-refractivity contribution in [2.45, 2.75) is 6.92 Å². The zero-order valence-corrected chi connectivity index (χ0v) is 14.8. The van der Waals surface area contributed by atoms with Gasteiger partial charge in [-0.15, -0.1) is 0 Å². The van der Waals surface area contributed by atoms with Crippen LogP contribution >= 0.6 is 0 Å². The van der Waals surface area contributed by atoms with Crippen LogP contribution in [0.2, 0.25) is 0 Å². The molecule has 134 valence electrons. The van der Waals surface area contributed by atoms with Gasteiger partial charge in [0.25, 0.3) is 11.6 Å². The fourth-order valence-electron chi connectivity index (χ4n) is 2.70. The minimum atomic E-state index is -0.455. The van der Waals surface area contributed by atoms with Crippen LogP contribution in [0.4, 0.5) is 11.4 Å². The van der Waals surface area contributed by atoms with E-state index in [1.165, 1.54) is 12.1 Å². The average Bonchev–Trinajstić information content (AvgIpc) is 2.69. The van der Waals surface area contributed by atoms with E-state index in [4.69, 9.17) is 0 Å². The van der Waals surface area contributed by atoms with Crippen molar-refractivity contribution in [3.8, 4) is 0 Å². The molecule has 0 bridgehead atoms. The Hall–Kier alpha value is -3.73. The molecule has 0 aliphatic carbocycles. The Balaban J connectivity index is 1.95. The molecule has 0 aliphatic heterocycles. The fraction of sp³-hybridized carbons (Fsp3) is 0.0455. The summed E-state index contributed by atoms with van der Waals surface area (Å²) in [7, 11) is 0. The number of hydrogen-bond acceptors (Lipinski definition) is 3. The Bertz CT molecular complexity index is 997. The smallest absolute Gasteiger partial charge is 0.269 e. The number of non-ortho nitro benzene ring substituents is 1. The van der Waals surface area contributed by atoms with Crippen molar-refractivity contribution in [3.63, 3.8) is 0 Å². The molecule has 0 heterocycles. The van der Waals surface area contributed by atoms with Crippen LogP contribution in [0, 0.1) is 17.0 Å². The Morgan fingerprint density at radius 1 is 0.963 bits per heavy atom. The molecule has 0 unspecified atom stereocenters. The number of anilines is 1. The number of nitro groups is 1. The standard InChI is InChI=1S/C22H18N2O3/c1-16-14-19(24(26)27)12-13-21(16)23-22(25)20(18-10-6-3-7-11-18)15-17-8-4-2-5-9-17/h2-15H,1H3,(H,23,25)/b20-15-. The van der Waals surface area contributed by atoms with E-state index in [0.29, 0.717) is 16.8 Å². The highest BCUT2D eigenvalue weighted by Crippen LogP contribution is 2.24. The molecular formula is C22H18N2O3. The van der Waals surface area contributed by atoms with Crippen molar-refractivity contribution in [1.29, 1.82) is 0 Å². The molecule has 3 aromatic carbocycles. The van der Waals surface area contributed by atoms with Crippen LogP contribution in [0.15, 0.2) is 78.9 Å². The second kappa shape index (κ2) is 8.10. The normalized spacial score (nSPS) is 11.1. The number of amides is 1. The summed E-state index contributed by atoms with van der Waals surface area (Å²) in [5.41, 5.74) is 3.38. The second-order valence-electron chi connectivity index (χ2n) is 6.05. The molecule has 27 heavy (non-hydrogen) atoms. The van der Waals surface area contributed by atoms with Crippen LogP contribution in [0.3, 0.4) is 0 Å². The first-order valence-electron chi connectivity index (χ1n) is 8.43. The Morgan fingerprint density at radius 3 is 2.19 bits per heavy atom. The molecule has 0 saturated heterocycles. The number of nitro benzene ring substituents is 1. The number of carbonyl (C=O) groups is 1. The van der Waals surface area contributed by atoms with E-state index in [2.05, 4.69) is 5.32 Å². The number of nitrogens with one attached hydrogen (secondary N) is 1. The van der Waals surface area contributed by atoms with Gasteiger partial charge in [0.15, 0.2) is 0 Å². The van der Waals surface area contributed by atoms with Crippen LogP contribution < -0.4 is 5.32 Å². The van der Waals surface area contributed by atoms with Gasteiger partial charge in [-0.25, -0.2) is 0 Å². The zero-order valence-electron chi connectivity index (χ0n) is 14.8. The van der Waals surface area contributed by atoms with Gasteiger partial charge in [0, 0.05) is 23.4 Å². The highest BCUT2D eigenvalue weighted by atomic mass is 16.6. The summed E-state index contributed by atoms with van der Waals surface area (Å²) in [5.74, 6) is -0.276. The van der Waals surface area contributed by atoms with Gasteiger partial charge in [0.05, 0.1) is 4.92 Å². The lowest BCUT2D eigenvalue weighted by molar-refractivity contribution is -0.384. The SMILES string of the molecule is Cc1cc([N+](=O)[O-])ccc1NC(=O)/C(=C\c1ccccc1)c1ccccc1. The van der Waals surface area contributed by atoms with Crippen LogP contribution in [0.25, 0.3) is 11.6 Å². The highest BCUT2D eigenvalue weighted by molar-refractivity contribution is 6.29. The lowest BCUT2D eigenvalue weighted by Gasteiger charge is -2.12. The summed E-state index contributed by atoms with van der Waals surface area (Å²) < 4.78 is 0. The van der Waals surface area contributed by atoms with Crippen LogP contribution in [-0.2, 0) is 4.79 Å². The topological polar surface area (TPSA) is 72.2 Å². The average molecular weight is 358 g/mol. The number of nitrogens with zero attached hydrogens (tertiary/aromatic N) is 1. The minimum Gasteiger partial charge on any atom is -0.322 e. The Morgan fingerprint density at radius 2 is 1.59 bits per heavy atom. The Labute approximate surface area is 157 Å². The summed E-state index contributed by atoms with van der Waals surface area (Å²) in [6, 6.07) is 23.3. The van der Waals surface area contributed by atoms with Gasteiger partial charge in [-0.3, -0.25) is 14.9 Å². The summed E-state index contributed by atoms with van der Waals surface area (Å²) in [5, 5.41) is 13.8. The van der Waals surface area contributed by atoms with Gasteiger partial charge in [-0.05, 0) is 35.8 Å². The van der Waals surface area contributed by atoms with Crippen molar-refractivity contribution in [2.24, 2.45) is 0 Å². The summed E-state index contributed by atoms with van der Waals surface area (Å²) in [6.45, 7) is 1.73. The first kappa shape index (κ1) is 18.1. The van der Waals surface area contributed by atoms with Crippen molar-refractivity contribution < 1.29 is 9.72 Å². The number of carbonyl (C=O) groups excluding carboxylic acids is 1. The maximum Gasteiger partial charge on any atom is 0.269 e. The van der Waals surface area contributed by atoms with Crippen LogP contribution in [0.5, 0.6) is 0 Å². The van der Waals surface area contributed by atoms with E-state index in [0.717, 1.165) is 11.1 Å². The number of aryl methyl sites for hydroxylation is 1. The third kappa shape index (κ3) is 4.46. The lowest BCUT2D eigenvalue weighted by atomic mass is 10.0. The van der Waals surface area contributed by atoms with E-state index in [-0.39, 0.29) is 11.6 Å². The van der Waals surface area contributed by atoms with Crippen molar-refractivity contribution in [3.05, 3.63) is 106 Å². The monoisotopic (exact) mass is 358 g/mol. The summed E-state index contributed by atoms with van der Waals surface area (Å²) >= 11 is 0. The third-order valence-corrected chi connectivity index (χ3v) is 4.11. The predicted octanol–water partition coefficient (Wildman–Crippen LogP) is 5.08. The van der Waals surface area contributed by atoms with Gasteiger partial charge >= 0.3 is 0 Å². The molecule has 3 rings (SSSR count). The first-order valence-corrected chi connectivity index (χ1v) is 8.43. The number of hydrogen-bond donors (Lipinski definition) is 1. The van der Waals surface area contributed by atoms with Crippen molar-refractivity contribution >= 4 is 28.9 Å². The molecule has 5 nitrogen and oxygen atoms in total. The quantitative estimate of drug-likeness (QED) is 0.299. The molecule has 0 fully saturated rings. The van der Waals surface area contributed by atoms with E-state index in [9.17, 15) is 14.9 Å². The molecular weight excluding hydrogens is 340 g/mol. The van der Waals surface area contributed by atoms with Crippen molar-refractivity contribution in [2.75, 3.05) is 5.32 Å². The third-order valence-electron chi connectivity index (χ3n) is 4.11. The molecule has 0 aromatic heterocycles. The van der Waals surface area contributed by atoms with Gasteiger partial charge in [-0.1, -0.05) is 60.7 Å². The molecule has 0 saturated carbocycles. The van der Waals surface area contributed by atoms with Gasteiger partial charge in [0.2, 0.25) is 0 Å². The maximum absolute atomic E-state index is 13.0. The first-order chi connectivity index (χ1) is 13.0.